The van der Waals surface area contributed by atoms with Crippen molar-refractivity contribution >= 4 is 5.69 Å². The summed E-state index contributed by atoms with van der Waals surface area (Å²) in [6.45, 7) is 5.08. The van der Waals surface area contributed by atoms with Gasteiger partial charge in [-0.2, -0.15) is 0 Å². The highest BCUT2D eigenvalue weighted by Gasteiger charge is 2.15. The Kier molecular flexibility index (Phi) is 4.59. The molecule has 2 atom stereocenters. The van der Waals surface area contributed by atoms with Gasteiger partial charge in [-0.3, -0.25) is 0 Å². The number of anilines is 1. The van der Waals surface area contributed by atoms with Crippen LogP contribution < -0.4 is 10.6 Å². The molecule has 100 valence electrons. The number of hydrogen-bond donors (Lipinski definition) is 2. The molecule has 1 fully saturated rings. The maximum Gasteiger partial charge on any atom is 0.128 e. The van der Waals surface area contributed by atoms with Crippen molar-refractivity contribution in [1.29, 1.82) is 0 Å². The van der Waals surface area contributed by atoms with Gasteiger partial charge in [-0.15, -0.1) is 0 Å². The van der Waals surface area contributed by atoms with Gasteiger partial charge in [0.05, 0.1) is 0 Å². The monoisotopic (exact) mass is 250 g/mol. The summed E-state index contributed by atoms with van der Waals surface area (Å²) < 4.78 is 13.4. The van der Waals surface area contributed by atoms with Crippen molar-refractivity contribution in [3.63, 3.8) is 0 Å². The molecule has 0 aromatic heterocycles. The third-order valence-corrected chi connectivity index (χ3v) is 3.64. The van der Waals surface area contributed by atoms with Gasteiger partial charge in [-0.25, -0.2) is 4.39 Å². The van der Waals surface area contributed by atoms with Crippen LogP contribution >= 0.6 is 0 Å². The van der Waals surface area contributed by atoms with Crippen LogP contribution in [-0.2, 0) is 0 Å². The van der Waals surface area contributed by atoms with Crippen LogP contribution in [0.25, 0.3) is 0 Å². The molecule has 2 nitrogen and oxygen atoms in total. The third-order valence-electron chi connectivity index (χ3n) is 3.64. The number of piperidine rings is 1. The number of halogens is 1. The average molecular weight is 250 g/mol. The highest BCUT2D eigenvalue weighted by molar-refractivity contribution is 5.45. The molecule has 1 aromatic rings. The quantitative estimate of drug-likeness (QED) is 0.855. The molecular formula is C15H23FN2. The molecule has 1 aliphatic rings. The summed E-state index contributed by atoms with van der Waals surface area (Å²) >= 11 is 0. The van der Waals surface area contributed by atoms with Crippen LogP contribution in [0.5, 0.6) is 0 Å². The van der Waals surface area contributed by atoms with Gasteiger partial charge in [-0.1, -0.05) is 12.5 Å². The van der Waals surface area contributed by atoms with Crippen molar-refractivity contribution in [2.45, 2.75) is 51.6 Å². The van der Waals surface area contributed by atoms with E-state index in [1.165, 1.54) is 19.3 Å². The first kappa shape index (κ1) is 13.3. The lowest BCUT2D eigenvalue weighted by Gasteiger charge is -2.27. The van der Waals surface area contributed by atoms with E-state index in [9.17, 15) is 4.39 Å². The average Bonchev–Trinajstić information content (AvgIpc) is 2.35. The summed E-state index contributed by atoms with van der Waals surface area (Å²) in [6, 6.07) is 6.33. The predicted molar refractivity (Wildman–Crippen MR) is 74.5 cm³/mol. The van der Waals surface area contributed by atoms with Crippen molar-refractivity contribution in [2.24, 2.45) is 0 Å². The molecule has 0 radical (unpaired) electrons. The first-order valence-corrected chi connectivity index (χ1v) is 6.91. The largest absolute Gasteiger partial charge is 0.382 e. The van der Waals surface area contributed by atoms with Crippen LogP contribution in [-0.4, -0.2) is 18.6 Å². The van der Waals surface area contributed by atoms with Gasteiger partial charge in [0.2, 0.25) is 0 Å². The molecule has 1 aliphatic heterocycles. The SMILES string of the molecule is Cc1ccc(NC(C)CC2CCCCN2)cc1F. The second-order valence-corrected chi connectivity index (χ2v) is 5.39. The van der Waals surface area contributed by atoms with E-state index in [-0.39, 0.29) is 5.82 Å². The molecule has 0 saturated carbocycles. The standard InChI is InChI=1S/C15H23FN2/c1-11-6-7-14(10-15(11)16)18-12(2)9-13-5-3-4-8-17-13/h6-7,10,12-13,17-18H,3-5,8-9H2,1-2H3. The van der Waals surface area contributed by atoms with E-state index in [4.69, 9.17) is 0 Å². The summed E-state index contributed by atoms with van der Waals surface area (Å²) in [4.78, 5) is 0. The second kappa shape index (κ2) is 6.19. The molecule has 0 spiro atoms. The minimum Gasteiger partial charge on any atom is -0.382 e. The highest BCUT2D eigenvalue weighted by atomic mass is 19.1. The highest BCUT2D eigenvalue weighted by Crippen LogP contribution is 2.17. The van der Waals surface area contributed by atoms with Gasteiger partial charge in [0, 0.05) is 17.8 Å². The number of benzene rings is 1. The van der Waals surface area contributed by atoms with E-state index in [1.54, 1.807) is 13.0 Å². The van der Waals surface area contributed by atoms with Gasteiger partial charge in [-0.05, 0) is 57.4 Å². The van der Waals surface area contributed by atoms with E-state index in [0.29, 0.717) is 17.6 Å². The molecule has 0 bridgehead atoms. The van der Waals surface area contributed by atoms with E-state index in [0.717, 1.165) is 18.7 Å². The molecule has 1 heterocycles. The normalized spacial score (nSPS) is 21.6. The van der Waals surface area contributed by atoms with Crippen molar-refractivity contribution in [1.82, 2.24) is 5.32 Å². The molecule has 0 amide bonds. The van der Waals surface area contributed by atoms with E-state index < -0.39 is 0 Å². The fourth-order valence-electron chi connectivity index (χ4n) is 2.58. The zero-order chi connectivity index (χ0) is 13.0. The zero-order valence-electron chi connectivity index (χ0n) is 11.3. The number of aryl methyl sites for hydroxylation is 1. The fraction of sp³-hybridized carbons (Fsp3) is 0.600. The van der Waals surface area contributed by atoms with Crippen molar-refractivity contribution in [3.8, 4) is 0 Å². The van der Waals surface area contributed by atoms with Crippen molar-refractivity contribution < 1.29 is 4.39 Å². The molecule has 3 heteroatoms. The van der Waals surface area contributed by atoms with Gasteiger partial charge in [0.25, 0.3) is 0 Å². The molecule has 2 unspecified atom stereocenters. The number of rotatable bonds is 4. The van der Waals surface area contributed by atoms with Gasteiger partial charge < -0.3 is 10.6 Å². The Balaban J connectivity index is 1.85. The van der Waals surface area contributed by atoms with E-state index in [1.807, 2.05) is 12.1 Å². The first-order chi connectivity index (χ1) is 8.65. The Hall–Kier alpha value is -1.09. The van der Waals surface area contributed by atoms with Crippen LogP contribution in [0, 0.1) is 12.7 Å². The van der Waals surface area contributed by atoms with Gasteiger partial charge >= 0.3 is 0 Å². The molecule has 2 N–H and O–H groups in total. The van der Waals surface area contributed by atoms with Crippen LogP contribution in [0.15, 0.2) is 18.2 Å². The molecule has 18 heavy (non-hydrogen) atoms. The first-order valence-electron chi connectivity index (χ1n) is 6.91. The van der Waals surface area contributed by atoms with E-state index in [2.05, 4.69) is 17.6 Å². The van der Waals surface area contributed by atoms with Crippen LogP contribution in [0.4, 0.5) is 10.1 Å². The van der Waals surface area contributed by atoms with Gasteiger partial charge in [0.15, 0.2) is 0 Å². The summed E-state index contributed by atoms with van der Waals surface area (Å²) in [5.41, 5.74) is 1.57. The maximum absolute atomic E-state index is 13.4. The lowest BCUT2D eigenvalue weighted by atomic mass is 9.98. The second-order valence-electron chi connectivity index (χ2n) is 5.39. The lowest BCUT2D eigenvalue weighted by molar-refractivity contribution is 0.371. The summed E-state index contributed by atoms with van der Waals surface area (Å²) in [5, 5.41) is 6.92. The minimum absolute atomic E-state index is 0.136. The lowest BCUT2D eigenvalue weighted by Crippen LogP contribution is -2.37. The topological polar surface area (TPSA) is 24.1 Å². The van der Waals surface area contributed by atoms with Gasteiger partial charge in [0.1, 0.15) is 5.82 Å². The minimum atomic E-state index is -0.136. The summed E-state index contributed by atoms with van der Waals surface area (Å²) in [5.74, 6) is -0.136. The Labute approximate surface area is 109 Å². The zero-order valence-corrected chi connectivity index (χ0v) is 11.3. The van der Waals surface area contributed by atoms with Crippen molar-refractivity contribution in [2.75, 3.05) is 11.9 Å². The molecule has 2 rings (SSSR count). The molecule has 1 aromatic carbocycles. The maximum atomic E-state index is 13.4. The number of nitrogens with one attached hydrogen (secondary N) is 2. The molecular weight excluding hydrogens is 227 g/mol. The van der Waals surface area contributed by atoms with Crippen LogP contribution in [0.3, 0.4) is 0 Å². The Morgan fingerprint density at radius 1 is 1.44 bits per heavy atom. The Morgan fingerprint density at radius 2 is 2.28 bits per heavy atom. The smallest absolute Gasteiger partial charge is 0.128 e. The molecule has 0 aliphatic carbocycles. The Bertz CT molecular complexity index is 386. The Morgan fingerprint density at radius 3 is 2.94 bits per heavy atom. The van der Waals surface area contributed by atoms with Crippen LogP contribution in [0.1, 0.15) is 38.2 Å². The predicted octanol–water partition coefficient (Wildman–Crippen LogP) is 3.47. The summed E-state index contributed by atoms with van der Waals surface area (Å²) in [7, 11) is 0. The molecule has 1 saturated heterocycles. The number of hydrogen-bond acceptors (Lipinski definition) is 2. The van der Waals surface area contributed by atoms with Crippen LogP contribution in [0.2, 0.25) is 0 Å². The fourth-order valence-corrected chi connectivity index (χ4v) is 2.58. The van der Waals surface area contributed by atoms with E-state index >= 15 is 0 Å². The summed E-state index contributed by atoms with van der Waals surface area (Å²) in [6.07, 6.45) is 4.97. The van der Waals surface area contributed by atoms with Crippen molar-refractivity contribution in [3.05, 3.63) is 29.6 Å². The third kappa shape index (κ3) is 3.70.